The number of nitrogens with zero attached hydrogens (tertiary/aromatic N) is 2. The lowest BCUT2D eigenvalue weighted by Gasteiger charge is -2.46. The molecule has 2 amide bonds. The molecular formula is C33H41Cl2N3O4. The van der Waals surface area contributed by atoms with Gasteiger partial charge in [0, 0.05) is 27.7 Å². The number of carbonyl (C=O) groups excluding carboxylic acids is 2. The smallest absolute Gasteiger partial charge is 0.305 e. The first-order chi connectivity index (χ1) is 20.0. The molecule has 0 saturated heterocycles. The number of unbranched alkanes of at least 4 members (excludes halogenated alkanes) is 2. The van der Waals surface area contributed by atoms with Crippen molar-refractivity contribution in [1.29, 1.82) is 0 Å². The molecule has 2 aliphatic rings. The van der Waals surface area contributed by atoms with E-state index in [1.165, 1.54) is 0 Å². The second kappa shape index (κ2) is 14.0. The van der Waals surface area contributed by atoms with E-state index in [-0.39, 0.29) is 30.8 Å². The van der Waals surface area contributed by atoms with E-state index < -0.39 is 11.6 Å². The van der Waals surface area contributed by atoms with Crippen molar-refractivity contribution in [3.05, 3.63) is 69.2 Å². The van der Waals surface area contributed by atoms with Crippen molar-refractivity contribution in [2.24, 2.45) is 16.8 Å². The van der Waals surface area contributed by atoms with Crippen LogP contribution in [-0.2, 0) is 9.59 Å². The summed E-state index contributed by atoms with van der Waals surface area (Å²) in [7, 11) is 0. The topological polar surface area (TPSA) is 99.1 Å². The number of carbonyl (C=O) groups is 3. The van der Waals surface area contributed by atoms with E-state index in [2.05, 4.69) is 26.1 Å². The predicted molar refractivity (Wildman–Crippen MR) is 167 cm³/mol. The maximum atomic E-state index is 14.4. The molecule has 1 unspecified atom stereocenters. The summed E-state index contributed by atoms with van der Waals surface area (Å²) in [6.07, 6.45) is 7.24. The minimum atomic E-state index is -0.964. The first-order valence-corrected chi connectivity index (χ1v) is 15.8. The van der Waals surface area contributed by atoms with Crippen LogP contribution in [0.5, 0.6) is 0 Å². The summed E-state index contributed by atoms with van der Waals surface area (Å²) in [5, 5.41) is 12.4. The number of aliphatic imine (C=N–C) groups is 1. The fourth-order valence-corrected chi connectivity index (χ4v) is 6.85. The highest BCUT2D eigenvalue weighted by molar-refractivity contribution is 6.47. The van der Waals surface area contributed by atoms with Gasteiger partial charge in [-0.2, -0.15) is 0 Å². The number of carboxylic acids is 1. The third-order valence-corrected chi connectivity index (χ3v) is 9.11. The second-order valence-electron chi connectivity index (χ2n) is 11.9. The molecule has 1 spiro atoms. The number of rotatable bonds is 12. The Bertz CT molecular complexity index is 1300. The van der Waals surface area contributed by atoms with E-state index in [0.29, 0.717) is 38.7 Å². The van der Waals surface area contributed by atoms with Gasteiger partial charge >= 0.3 is 5.97 Å². The van der Waals surface area contributed by atoms with Crippen LogP contribution in [0.25, 0.3) is 0 Å². The van der Waals surface area contributed by atoms with Gasteiger partial charge in [-0.3, -0.25) is 19.4 Å². The molecular weight excluding hydrogens is 573 g/mol. The Labute approximate surface area is 258 Å². The lowest BCUT2D eigenvalue weighted by atomic mass is 9.76. The molecule has 1 saturated carbocycles. The highest BCUT2D eigenvalue weighted by atomic mass is 35.5. The van der Waals surface area contributed by atoms with Crippen molar-refractivity contribution >= 4 is 46.7 Å². The van der Waals surface area contributed by atoms with Crippen LogP contribution in [0.15, 0.2) is 47.5 Å². The van der Waals surface area contributed by atoms with Gasteiger partial charge in [-0.15, -0.1) is 0 Å². The minimum absolute atomic E-state index is 0.0609. The van der Waals surface area contributed by atoms with Gasteiger partial charge in [-0.1, -0.05) is 75.4 Å². The molecule has 226 valence electrons. The molecule has 2 aromatic rings. The van der Waals surface area contributed by atoms with Crippen molar-refractivity contribution in [2.45, 2.75) is 90.3 Å². The van der Waals surface area contributed by atoms with E-state index in [1.54, 1.807) is 30.3 Å². The van der Waals surface area contributed by atoms with Gasteiger partial charge in [0.1, 0.15) is 11.4 Å². The van der Waals surface area contributed by atoms with Gasteiger partial charge in [0.05, 0.1) is 12.5 Å². The molecule has 1 fully saturated rings. The van der Waals surface area contributed by atoms with Crippen LogP contribution in [0, 0.1) is 11.8 Å². The van der Waals surface area contributed by atoms with Gasteiger partial charge in [0.2, 0.25) is 0 Å². The molecule has 7 nitrogen and oxygen atoms in total. The van der Waals surface area contributed by atoms with Gasteiger partial charge in [0.15, 0.2) is 0 Å². The van der Waals surface area contributed by atoms with E-state index >= 15 is 0 Å². The number of benzene rings is 2. The SMILES string of the molecule is CCCCCC(c1ccc(C(=O)NCCC(=O)O)cc1)N1C(=O)C(c2cc(Cl)cc(Cl)c2)=NC12CCC(C(C)C)CC2. The van der Waals surface area contributed by atoms with Gasteiger partial charge in [-0.05, 0) is 79.8 Å². The van der Waals surface area contributed by atoms with Gasteiger partial charge in [-0.25, -0.2) is 0 Å². The van der Waals surface area contributed by atoms with Crippen molar-refractivity contribution in [3.63, 3.8) is 0 Å². The average molecular weight is 615 g/mol. The molecule has 0 radical (unpaired) electrons. The molecule has 1 aliphatic heterocycles. The molecule has 2 aromatic carbocycles. The van der Waals surface area contributed by atoms with Crippen LogP contribution in [0.3, 0.4) is 0 Å². The fraction of sp³-hybridized carbons (Fsp3) is 0.515. The van der Waals surface area contributed by atoms with Crippen LogP contribution in [0.2, 0.25) is 10.0 Å². The number of hydrogen-bond donors (Lipinski definition) is 2. The summed E-state index contributed by atoms with van der Waals surface area (Å²) in [6.45, 7) is 6.74. The molecule has 9 heteroatoms. The molecule has 42 heavy (non-hydrogen) atoms. The monoisotopic (exact) mass is 613 g/mol. The highest BCUT2D eigenvalue weighted by Gasteiger charge is 2.52. The minimum Gasteiger partial charge on any atom is -0.481 e. The predicted octanol–water partition coefficient (Wildman–Crippen LogP) is 7.69. The first kappa shape index (κ1) is 32.0. The third kappa shape index (κ3) is 7.35. The van der Waals surface area contributed by atoms with Gasteiger partial charge < -0.3 is 15.3 Å². The third-order valence-electron chi connectivity index (χ3n) is 8.67. The number of halogens is 2. The molecule has 2 N–H and O–H groups in total. The average Bonchev–Trinajstić information content (AvgIpc) is 3.22. The zero-order valence-electron chi connectivity index (χ0n) is 24.7. The highest BCUT2D eigenvalue weighted by Crippen LogP contribution is 2.48. The Kier molecular flexibility index (Phi) is 10.7. The van der Waals surface area contributed by atoms with E-state index in [0.717, 1.165) is 56.9 Å². The molecule has 1 atom stereocenters. The number of amides is 2. The Morgan fingerprint density at radius 3 is 2.29 bits per heavy atom. The summed E-state index contributed by atoms with van der Waals surface area (Å²) in [5.41, 5.74) is 1.77. The Morgan fingerprint density at radius 2 is 1.71 bits per heavy atom. The van der Waals surface area contributed by atoms with Crippen LogP contribution >= 0.6 is 23.2 Å². The van der Waals surface area contributed by atoms with Crippen molar-refractivity contribution in [3.8, 4) is 0 Å². The zero-order chi connectivity index (χ0) is 30.4. The molecule has 4 rings (SSSR count). The standard InChI is InChI=1S/C33H41Cl2N3O4/c1-4-5-6-7-28(23-8-10-24(11-9-23)31(41)36-17-14-29(39)40)38-32(42)30(25-18-26(34)20-27(35)19-25)37-33(38)15-12-22(13-16-33)21(2)3/h8-11,18-22,28H,4-7,12-17H2,1-3H3,(H,36,41)(H,39,40). The summed E-state index contributed by atoms with van der Waals surface area (Å²) in [5.74, 6) is -0.251. The molecule has 0 aromatic heterocycles. The maximum Gasteiger partial charge on any atom is 0.305 e. The molecule has 1 heterocycles. The Hall–Kier alpha value is -2.90. The number of carboxylic acid groups (broad SMARTS) is 1. The van der Waals surface area contributed by atoms with Crippen LogP contribution < -0.4 is 5.32 Å². The van der Waals surface area contributed by atoms with E-state index in [9.17, 15) is 14.4 Å². The van der Waals surface area contributed by atoms with Crippen molar-refractivity contribution in [2.75, 3.05) is 6.54 Å². The summed E-state index contributed by atoms with van der Waals surface area (Å²) in [6, 6.07) is 12.3. The molecule has 0 bridgehead atoms. The fourth-order valence-electron chi connectivity index (χ4n) is 6.32. The lowest BCUT2D eigenvalue weighted by molar-refractivity contribution is -0.137. The second-order valence-corrected chi connectivity index (χ2v) is 12.8. The number of aliphatic carboxylic acids is 1. The van der Waals surface area contributed by atoms with Crippen LogP contribution in [0.4, 0.5) is 0 Å². The quantitative estimate of drug-likeness (QED) is 0.240. The van der Waals surface area contributed by atoms with E-state index in [4.69, 9.17) is 33.3 Å². The maximum absolute atomic E-state index is 14.4. The number of nitrogens with one attached hydrogen (secondary N) is 1. The Morgan fingerprint density at radius 1 is 1.07 bits per heavy atom. The zero-order valence-corrected chi connectivity index (χ0v) is 26.2. The first-order valence-electron chi connectivity index (χ1n) is 15.0. The van der Waals surface area contributed by atoms with E-state index in [1.807, 2.05) is 17.0 Å². The lowest BCUT2D eigenvalue weighted by Crippen LogP contribution is -2.51. The van der Waals surface area contributed by atoms with Gasteiger partial charge in [0.25, 0.3) is 11.8 Å². The van der Waals surface area contributed by atoms with Crippen LogP contribution in [-0.4, -0.2) is 45.7 Å². The normalized spacial score (nSPS) is 21.1. The van der Waals surface area contributed by atoms with Crippen LogP contribution in [0.1, 0.15) is 106 Å². The summed E-state index contributed by atoms with van der Waals surface area (Å²) >= 11 is 12.7. The van der Waals surface area contributed by atoms with Crippen molar-refractivity contribution in [1.82, 2.24) is 10.2 Å². The summed E-state index contributed by atoms with van der Waals surface area (Å²) in [4.78, 5) is 45.1. The number of hydrogen-bond acceptors (Lipinski definition) is 4. The van der Waals surface area contributed by atoms with Crippen molar-refractivity contribution < 1.29 is 19.5 Å². The largest absolute Gasteiger partial charge is 0.481 e. The molecule has 1 aliphatic carbocycles. The Balaban J connectivity index is 1.70. The summed E-state index contributed by atoms with van der Waals surface area (Å²) < 4.78 is 0.